The maximum Gasteiger partial charge on any atom is 0.264 e. The number of carbonyl (C=O) groups is 1. The molecule has 0 saturated carbocycles. The molecule has 1 fully saturated rings. The Kier molecular flexibility index (Phi) is 5.24. The molecule has 1 heterocycles. The van der Waals surface area contributed by atoms with Gasteiger partial charge in [0.25, 0.3) is 10.1 Å². The molecule has 1 rings (SSSR count). The van der Waals surface area contributed by atoms with E-state index in [0.29, 0.717) is 0 Å². The van der Waals surface area contributed by atoms with Gasteiger partial charge in [-0.25, -0.2) is 0 Å². The summed E-state index contributed by atoms with van der Waals surface area (Å²) in [6.07, 6.45) is -5.04. The van der Waals surface area contributed by atoms with E-state index in [2.05, 4.69) is 9.50 Å². The predicted octanol–water partition coefficient (Wildman–Crippen LogP) is -3.09. The van der Waals surface area contributed by atoms with Crippen LogP contribution in [0.5, 0.6) is 0 Å². The Balaban J connectivity index is 2.94. The lowest BCUT2D eigenvalue weighted by molar-refractivity contribution is -0.247. The van der Waals surface area contributed by atoms with Crippen LogP contribution in [0.25, 0.3) is 0 Å². The molecule has 1 aliphatic rings. The normalized spacial score (nSPS) is 35.9. The van der Waals surface area contributed by atoms with E-state index in [1.165, 1.54) is 0 Å². The van der Waals surface area contributed by atoms with Crippen molar-refractivity contribution in [3.05, 3.63) is 0 Å². The SMILES string of the molecule is CC(=O)N[C@H]1[C@H](O)[C@H](OS(C)(=O)=O)[C@H](CO)O[C@H]1O. The number of rotatable bonds is 4. The summed E-state index contributed by atoms with van der Waals surface area (Å²) in [7, 11) is -3.91. The topological polar surface area (TPSA) is 142 Å². The summed E-state index contributed by atoms with van der Waals surface area (Å²) in [5.41, 5.74) is 0. The van der Waals surface area contributed by atoms with Crippen LogP contribution < -0.4 is 5.32 Å². The molecular weight excluding hydrogens is 282 g/mol. The minimum absolute atomic E-state index is 0.549. The van der Waals surface area contributed by atoms with Crippen molar-refractivity contribution in [2.24, 2.45) is 0 Å². The third kappa shape index (κ3) is 4.37. The van der Waals surface area contributed by atoms with Gasteiger partial charge >= 0.3 is 0 Å². The number of aliphatic hydroxyl groups is 3. The molecule has 0 spiro atoms. The van der Waals surface area contributed by atoms with Crippen LogP contribution in [0.3, 0.4) is 0 Å². The van der Waals surface area contributed by atoms with Crippen LogP contribution >= 0.6 is 0 Å². The predicted molar refractivity (Wildman–Crippen MR) is 61.3 cm³/mol. The smallest absolute Gasteiger partial charge is 0.264 e. The fraction of sp³-hybridized carbons (Fsp3) is 0.889. The highest BCUT2D eigenvalue weighted by Gasteiger charge is 2.47. The first-order chi connectivity index (χ1) is 8.65. The van der Waals surface area contributed by atoms with Crippen molar-refractivity contribution in [2.45, 2.75) is 37.6 Å². The third-order valence-electron chi connectivity index (χ3n) is 2.53. The van der Waals surface area contributed by atoms with E-state index in [1.54, 1.807) is 0 Å². The number of ether oxygens (including phenoxy) is 1. The van der Waals surface area contributed by atoms with Crippen molar-refractivity contribution in [3.63, 3.8) is 0 Å². The fourth-order valence-electron chi connectivity index (χ4n) is 1.79. The highest BCUT2D eigenvalue weighted by Crippen LogP contribution is 2.23. The lowest BCUT2D eigenvalue weighted by atomic mass is 9.97. The van der Waals surface area contributed by atoms with Gasteiger partial charge in [0.05, 0.1) is 12.9 Å². The van der Waals surface area contributed by atoms with Crippen LogP contribution in [-0.4, -0.2) is 73.2 Å². The van der Waals surface area contributed by atoms with Crippen molar-refractivity contribution >= 4 is 16.0 Å². The van der Waals surface area contributed by atoms with Crippen LogP contribution in [0.2, 0.25) is 0 Å². The summed E-state index contributed by atoms with van der Waals surface area (Å²) in [6, 6.07) is -1.26. The summed E-state index contributed by atoms with van der Waals surface area (Å²) in [5.74, 6) is -0.549. The maximum atomic E-state index is 11.1. The van der Waals surface area contributed by atoms with Gasteiger partial charge in [-0.15, -0.1) is 0 Å². The van der Waals surface area contributed by atoms with Crippen LogP contribution in [0.1, 0.15) is 6.92 Å². The summed E-state index contributed by atoms with van der Waals surface area (Å²) in [4.78, 5) is 10.9. The van der Waals surface area contributed by atoms with Crippen LogP contribution in [0.15, 0.2) is 0 Å². The second-order valence-corrected chi connectivity index (χ2v) is 5.83. The Morgan fingerprint density at radius 3 is 2.42 bits per heavy atom. The first kappa shape index (κ1) is 16.3. The zero-order valence-electron chi connectivity index (χ0n) is 10.4. The average Bonchev–Trinajstić information content (AvgIpc) is 2.26. The second kappa shape index (κ2) is 6.11. The molecule has 10 heteroatoms. The molecule has 0 aromatic heterocycles. The van der Waals surface area contributed by atoms with Crippen molar-refractivity contribution in [1.82, 2.24) is 5.32 Å². The molecule has 0 bridgehead atoms. The lowest BCUT2D eigenvalue weighted by Crippen LogP contribution is -2.64. The monoisotopic (exact) mass is 299 g/mol. The average molecular weight is 299 g/mol. The van der Waals surface area contributed by atoms with E-state index >= 15 is 0 Å². The highest BCUT2D eigenvalue weighted by molar-refractivity contribution is 7.86. The van der Waals surface area contributed by atoms with Gasteiger partial charge in [0.1, 0.15) is 24.4 Å². The Bertz CT molecular complexity index is 424. The second-order valence-electron chi connectivity index (χ2n) is 4.23. The number of nitrogens with one attached hydrogen (secondary N) is 1. The molecule has 4 N–H and O–H groups in total. The molecule has 1 amide bonds. The van der Waals surface area contributed by atoms with Gasteiger partial charge in [0, 0.05) is 6.92 Å². The minimum atomic E-state index is -3.91. The summed E-state index contributed by atoms with van der Waals surface area (Å²) in [5, 5.41) is 30.8. The summed E-state index contributed by atoms with van der Waals surface area (Å²) >= 11 is 0. The van der Waals surface area contributed by atoms with Crippen molar-refractivity contribution in [1.29, 1.82) is 0 Å². The molecule has 0 radical (unpaired) electrons. The molecule has 112 valence electrons. The number of hydrogen-bond acceptors (Lipinski definition) is 8. The Morgan fingerprint density at radius 1 is 1.42 bits per heavy atom. The highest BCUT2D eigenvalue weighted by atomic mass is 32.2. The first-order valence-electron chi connectivity index (χ1n) is 5.43. The summed E-state index contributed by atoms with van der Waals surface area (Å²) < 4.78 is 31.7. The number of hydrogen-bond donors (Lipinski definition) is 4. The Morgan fingerprint density at radius 2 is 2.00 bits per heavy atom. The molecule has 0 unspecified atom stereocenters. The van der Waals surface area contributed by atoms with Gasteiger partial charge in [-0.1, -0.05) is 0 Å². The van der Waals surface area contributed by atoms with Crippen molar-refractivity contribution in [3.8, 4) is 0 Å². The van der Waals surface area contributed by atoms with Gasteiger partial charge < -0.3 is 25.4 Å². The van der Waals surface area contributed by atoms with Gasteiger partial charge in [0.15, 0.2) is 6.29 Å². The molecule has 0 aromatic rings. The van der Waals surface area contributed by atoms with Gasteiger partial charge in [0.2, 0.25) is 5.91 Å². The largest absolute Gasteiger partial charge is 0.394 e. The lowest BCUT2D eigenvalue weighted by Gasteiger charge is -2.41. The van der Waals surface area contributed by atoms with Gasteiger partial charge in [-0.2, -0.15) is 8.42 Å². The molecule has 9 nitrogen and oxygen atoms in total. The Hall–Kier alpha value is -0.780. The van der Waals surface area contributed by atoms with Gasteiger partial charge in [-0.3, -0.25) is 8.98 Å². The minimum Gasteiger partial charge on any atom is -0.394 e. The fourth-order valence-corrected chi connectivity index (χ4v) is 2.43. The first-order valence-corrected chi connectivity index (χ1v) is 7.25. The molecule has 1 saturated heterocycles. The molecule has 19 heavy (non-hydrogen) atoms. The summed E-state index contributed by atoms with van der Waals surface area (Å²) in [6.45, 7) is 0.491. The number of aliphatic hydroxyl groups excluding tert-OH is 3. The van der Waals surface area contributed by atoms with E-state index in [4.69, 9.17) is 9.84 Å². The van der Waals surface area contributed by atoms with Crippen molar-refractivity contribution < 1.29 is 37.5 Å². The molecular formula is C9H17NO8S. The van der Waals surface area contributed by atoms with E-state index in [-0.39, 0.29) is 0 Å². The van der Waals surface area contributed by atoms with E-state index in [1.807, 2.05) is 0 Å². The van der Waals surface area contributed by atoms with Crippen LogP contribution in [0, 0.1) is 0 Å². The molecule has 0 aliphatic carbocycles. The van der Waals surface area contributed by atoms with Gasteiger partial charge in [-0.05, 0) is 0 Å². The van der Waals surface area contributed by atoms with E-state index < -0.39 is 53.3 Å². The van der Waals surface area contributed by atoms with Crippen LogP contribution in [0.4, 0.5) is 0 Å². The van der Waals surface area contributed by atoms with E-state index in [0.717, 1.165) is 13.2 Å². The standard InChI is InChI=1S/C9H17NO8S/c1-4(12)10-6-7(13)8(18-19(2,15)16)5(3-11)17-9(6)14/h5-9,11,13-14H,3H2,1-2H3,(H,10,12)/t5-,6-,7-,8+,9+/m0/s1. The zero-order chi connectivity index (χ0) is 14.8. The quantitative estimate of drug-likeness (QED) is 0.400. The number of carbonyl (C=O) groups excluding carboxylic acids is 1. The van der Waals surface area contributed by atoms with Crippen molar-refractivity contribution in [2.75, 3.05) is 12.9 Å². The molecule has 5 atom stereocenters. The Labute approximate surface area is 110 Å². The number of amides is 1. The zero-order valence-corrected chi connectivity index (χ0v) is 11.2. The van der Waals surface area contributed by atoms with Crippen LogP contribution in [-0.2, 0) is 23.8 Å². The third-order valence-corrected chi connectivity index (χ3v) is 3.10. The maximum absolute atomic E-state index is 11.1. The van der Waals surface area contributed by atoms with E-state index in [9.17, 15) is 23.4 Å². The molecule has 1 aliphatic heterocycles. The molecule has 0 aromatic carbocycles.